The Morgan fingerprint density at radius 3 is 2.31 bits per heavy atom. The van der Waals surface area contributed by atoms with Gasteiger partial charge in [0.2, 0.25) is 0 Å². The van der Waals surface area contributed by atoms with Crippen LogP contribution >= 0.6 is 0 Å². The Kier molecular flexibility index (Phi) is 3.93. The molecule has 1 atom stereocenters. The van der Waals surface area contributed by atoms with Gasteiger partial charge in [-0.15, -0.1) is 0 Å². The van der Waals surface area contributed by atoms with Crippen LogP contribution in [0.3, 0.4) is 0 Å². The van der Waals surface area contributed by atoms with Gasteiger partial charge in [0.15, 0.2) is 0 Å². The Hall–Kier alpha value is -0.860. The fourth-order valence-corrected chi connectivity index (χ4v) is 1.48. The summed E-state index contributed by atoms with van der Waals surface area (Å²) in [5.41, 5.74) is 7.06. The van der Waals surface area contributed by atoms with Gasteiger partial charge in [0.25, 0.3) is 0 Å². The highest BCUT2D eigenvalue weighted by Gasteiger charge is 2.09. The van der Waals surface area contributed by atoms with Crippen molar-refractivity contribution in [3.8, 4) is 0 Å². The second-order valence-electron chi connectivity index (χ2n) is 3.61. The molecule has 0 aliphatic heterocycles. The maximum absolute atomic E-state index is 5.73. The van der Waals surface area contributed by atoms with Crippen LogP contribution in [0.2, 0.25) is 0 Å². The van der Waals surface area contributed by atoms with Crippen LogP contribution in [0.1, 0.15) is 11.5 Å². The predicted molar refractivity (Wildman–Crippen MR) is 56.8 cm³/mol. The summed E-state index contributed by atoms with van der Waals surface area (Å²) in [5.74, 6) is 0.455. The molecular formula is C11H18N2. The van der Waals surface area contributed by atoms with Crippen LogP contribution in [0.4, 0.5) is 0 Å². The molecule has 0 fully saturated rings. The average Bonchev–Trinajstić information content (AvgIpc) is 2.15. The van der Waals surface area contributed by atoms with Gasteiger partial charge in [0, 0.05) is 19.0 Å². The lowest BCUT2D eigenvalue weighted by molar-refractivity contribution is 0.375. The molecular weight excluding hydrogens is 160 g/mol. The van der Waals surface area contributed by atoms with Crippen LogP contribution in [-0.2, 0) is 0 Å². The molecule has 0 aliphatic rings. The number of likely N-dealkylation sites (N-methyl/N-ethyl adjacent to an activating group) is 1. The van der Waals surface area contributed by atoms with E-state index in [0.29, 0.717) is 12.5 Å². The zero-order valence-corrected chi connectivity index (χ0v) is 8.40. The van der Waals surface area contributed by atoms with Crippen molar-refractivity contribution in [2.45, 2.75) is 5.92 Å². The van der Waals surface area contributed by atoms with Crippen molar-refractivity contribution in [3.63, 3.8) is 0 Å². The van der Waals surface area contributed by atoms with Gasteiger partial charge in [0.1, 0.15) is 0 Å². The zero-order valence-electron chi connectivity index (χ0n) is 8.40. The molecule has 2 heteroatoms. The summed E-state index contributed by atoms with van der Waals surface area (Å²) < 4.78 is 0. The molecule has 1 aromatic rings. The summed E-state index contributed by atoms with van der Waals surface area (Å²) in [4.78, 5) is 2.17. The van der Waals surface area contributed by atoms with E-state index in [0.717, 1.165) is 6.54 Å². The largest absolute Gasteiger partial charge is 0.330 e. The summed E-state index contributed by atoms with van der Waals surface area (Å²) >= 11 is 0. The lowest BCUT2D eigenvalue weighted by Gasteiger charge is -2.19. The van der Waals surface area contributed by atoms with Crippen LogP contribution in [0.5, 0.6) is 0 Å². The highest BCUT2D eigenvalue weighted by atomic mass is 15.1. The number of hydrogen-bond acceptors (Lipinski definition) is 2. The van der Waals surface area contributed by atoms with Crippen molar-refractivity contribution in [2.24, 2.45) is 5.73 Å². The quantitative estimate of drug-likeness (QED) is 0.752. The maximum atomic E-state index is 5.73. The van der Waals surface area contributed by atoms with E-state index < -0.39 is 0 Å². The van der Waals surface area contributed by atoms with E-state index in [1.165, 1.54) is 5.56 Å². The topological polar surface area (TPSA) is 29.3 Å². The Bertz CT molecular complexity index is 231. The third kappa shape index (κ3) is 3.17. The number of nitrogens with zero attached hydrogens (tertiary/aromatic N) is 1. The number of nitrogens with two attached hydrogens (primary N) is 1. The molecule has 13 heavy (non-hydrogen) atoms. The maximum Gasteiger partial charge on any atom is 0.00886 e. The van der Waals surface area contributed by atoms with Crippen molar-refractivity contribution in [3.05, 3.63) is 35.9 Å². The fraction of sp³-hybridized carbons (Fsp3) is 0.455. The first kappa shape index (κ1) is 10.2. The minimum absolute atomic E-state index is 0.455. The minimum atomic E-state index is 0.455. The van der Waals surface area contributed by atoms with E-state index in [-0.39, 0.29) is 0 Å². The molecule has 0 amide bonds. The second-order valence-corrected chi connectivity index (χ2v) is 3.61. The third-order valence-corrected chi connectivity index (χ3v) is 2.14. The van der Waals surface area contributed by atoms with Crippen molar-refractivity contribution < 1.29 is 0 Å². The Balaban J connectivity index is 2.67. The van der Waals surface area contributed by atoms with E-state index in [9.17, 15) is 0 Å². The van der Waals surface area contributed by atoms with Gasteiger partial charge in [-0.1, -0.05) is 30.3 Å². The summed E-state index contributed by atoms with van der Waals surface area (Å²) in [6.07, 6.45) is 0. The average molecular weight is 178 g/mol. The second kappa shape index (κ2) is 5.00. The van der Waals surface area contributed by atoms with Gasteiger partial charge in [-0.25, -0.2) is 0 Å². The van der Waals surface area contributed by atoms with E-state index in [2.05, 4.69) is 43.3 Å². The number of rotatable bonds is 4. The number of hydrogen-bond donors (Lipinski definition) is 1. The van der Waals surface area contributed by atoms with E-state index in [1.54, 1.807) is 0 Å². The highest BCUT2D eigenvalue weighted by Crippen LogP contribution is 2.14. The number of benzene rings is 1. The SMILES string of the molecule is CN(C)C[C@@H](CN)c1ccccc1. The van der Waals surface area contributed by atoms with Crippen molar-refractivity contribution in [1.82, 2.24) is 4.90 Å². The van der Waals surface area contributed by atoms with Gasteiger partial charge in [-0.2, -0.15) is 0 Å². The van der Waals surface area contributed by atoms with Crippen LogP contribution < -0.4 is 5.73 Å². The summed E-state index contributed by atoms with van der Waals surface area (Å²) in [6.45, 7) is 1.72. The molecule has 0 aliphatic carbocycles. The van der Waals surface area contributed by atoms with Gasteiger partial charge in [-0.05, 0) is 19.7 Å². The summed E-state index contributed by atoms with van der Waals surface area (Å²) in [6, 6.07) is 10.4. The Morgan fingerprint density at radius 2 is 1.85 bits per heavy atom. The molecule has 0 aromatic heterocycles. The van der Waals surface area contributed by atoms with E-state index >= 15 is 0 Å². The van der Waals surface area contributed by atoms with Crippen LogP contribution in [0.25, 0.3) is 0 Å². The zero-order chi connectivity index (χ0) is 9.68. The Labute approximate surface area is 80.4 Å². The smallest absolute Gasteiger partial charge is 0.00886 e. The van der Waals surface area contributed by atoms with E-state index in [1.807, 2.05) is 6.07 Å². The van der Waals surface area contributed by atoms with Crippen molar-refractivity contribution in [1.29, 1.82) is 0 Å². The van der Waals surface area contributed by atoms with Crippen molar-refractivity contribution in [2.75, 3.05) is 27.2 Å². The molecule has 1 rings (SSSR count). The molecule has 0 saturated heterocycles. The normalized spacial score (nSPS) is 13.2. The lowest BCUT2D eigenvalue weighted by atomic mass is 9.99. The van der Waals surface area contributed by atoms with Crippen LogP contribution in [0, 0.1) is 0 Å². The standard InChI is InChI=1S/C11H18N2/c1-13(2)9-11(8-12)10-6-4-3-5-7-10/h3-7,11H,8-9,12H2,1-2H3/t11-/m1/s1. The predicted octanol–water partition coefficient (Wildman–Crippen LogP) is 1.29. The monoisotopic (exact) mass is 178 g/mol. The Morgan fingerprint density at radius 1 is 1.23 bits per heavy atom. The molecule has 0 saturated carbocycles. The lowest BCUT2D eigenvalue weighted by Crippen LogP contribution is -2.25. The fourth-order valence-electron chi connectivity index (χ4n) is 1.48. The molecule has 0 spiro atoms. The van der Waals surface area contributed by atoms with Gasteiger partial charge < -0.3 is 10.6 Å². The minimum Gasteiger partial charge on any atom is -0.330 e. The van der Waals surface area contributed by atoms with Crippen molar-refractivity contribution >= 4 is 0 Å². The van der Waals surface area contributed by atoms with Crippen LogP contribution in [-0.4, -0.2) is 32.1 Å². The first-order valence-corrected chi connectivity index (χ1v) is 4.63. The first-order chi connectivity index (χ1) is 6.24. The summed E-state index contributed by atoms with van der Waals surface area (Å²) in [7, 11) is 4.15. The van der Waals surface area contributed by atoms with Crippen LogP contribution in [0.15, 0.2) is 30.3 Å². The molecule has 0 heterocycles. The van der Waals surface area contributed by atoms with E-state index in [4.69, 9.17) is 5.73 Å². The third-order valence-electron chi connectivity index (χ3n) is 2.14. The molecule has 2 nitrogen and oxygen atoms in total. The molecule has 1 aromatic carbocycles. The van der Waals surface area contributed by atoms with Gasteiger partial charge in [-0.3, -0.25) is 0 Å². The molecule has 2 N–H and O–H groups in total. The molecule has 72 valence electrons. The molecule has 0 radical (unpaired) electrons. The summed E-state index contributed by atoms with van der Waals surface area (Å²) in [5, 5.41) is 0. The molecule has 0 unspecified atom stereocenters. The van der Waals surface area contributed by atoms with Gasteiger partial charge in [0.05, 0.1) is 0 Å². The van der Waals surface area contributed by atoms with Gasteiger partial charge >= 0.3 is 0 Å². The first-order valence-electron chi connectivity index (χ1n) is 4.63. The molecule has 0 bridgehead atoms. The highest BCUT2D eigenvalue weighted by molar-refractivity contribution is 5.20.